The lowest BCUT2D eigenvalue weighted by Crippen LogP contribution is -2.24. The molecule has 0 amide bonds. The van der Waals surface area contributed by atoms with E-state index in [-0.39, 0.29) is 0 Å². The van der Waals surface area contributed by atoms with Crippen LogP contribution in [-0.4, -0.2) is 6.61 Å². The fourth-order valence-corrected chi connectivity index (χ4v) is 8.56. The fraction of sp³-hybridized carbons (Fsp3) is 0.700. The van der Waals surface area contributed by atoms with Crippen molar-refractivity contribution in [2.45, 2.75) is 151 Å². The second-order valence-corrected chi connectivity index (χ2v) is 13.8. The molecule has 2 fully saturated rings. The summed E-state index contributed by atoms with van der Waals surface area (Å²) in [6.07, 6.45) is 19.5. The first-order valence-electron chi connectivity index (χ1n) is 17.8. The number of benzene rings is 2. The standard InChI is InChI=1S/C40H62O/c1-8-30-28-38(36(9-2)37(10-3)39(30)41-27-26-40(11-4,12-5)13-6)35-24-22-34(23-25-35)33-20-18-32(19-21-33)31-16-14-29(7)15-17-31/h22-25,28-29,31-33H,8-21,26-27H2,1-7H3. The molecular formula is C40H62O. The van der Waals surface area contributed by atoms with Crippen LogP contribution in [-0.2, 0) is 19.3 Å². The molecule has 1 heteroatoms. The molecule has 0 aromatic heterocycles. The first-order chi connectivity index (χ1) is 19.9. The van der Waals surface area contributed by atoms with E-state index in [1.807, 2.05) is 0 Å². The molecule has 2 aliphatic rings. The average Bonchev–Trinajstić information content (AvgIpc) is 3.03. The van der Waals surface area contributed by atoms with Gasteiger partial charge in [0.15, 0.2) is 0 Å². The van der Waals surface area contributed by atoms with E-state index < -0.39 is 0 Å². The van der Waals surface area contributed by atoms with Crippen molar-refractivity contribution in [2.75, 3.05) is 6.61 Å². The van der Waals surface area contributed by atoms with Crippen molar-refractivity contribution in [2.24, 2.45) is 23.2 Å². The van der Waals surface area contributed by atoms with E-state index >= 15 is 0 Å². The van der Waals surface area contributed by atoms with E-state index in [0.29, 0.717) is 5.41 Å². The zero-order valence-electron chi connectivity index (χ0n) is 27.9. The number of ether oxygens (including phenoxy) is 1. The van der Waals surface area contributed by atoms with Crippen molar-refractivity contribution in [3.8, 4) is 16.9 Å². The topological polar surface area (TPSA) is 9.23 Å². The minimum atomic E-state index is 0.419. The molecule has 41 heavy (non-hydrogen) atoms. The van der Waals surface area contributed by atoms with E-state index in [4.69, 9.17) is 4.74 Å². The summed E-state index contributed by atoms with van der Waals surface area (Å²) in [6.45, 7) is 17.2. The zero-order chi connectivity index (χ0) is 29.4. The highest BCUT2D eigenvalue weighted by atomic mass is 16.5. The molecule has 1 nitrogen and oxygen atoms in total. The molecule has 2 aromatic carbocycles. The second-order valence-electron chi connectivity index (χ2n) is 13.8. The van der Waals surface area contributed by atoms with E-state index in [9.17, 15) is 0 Å². The molecule has 2 aromatic rings. The highest BCUT2D eigenvalue weighted by Gasteiger charge is 2.30. The van der Waals surface area contributed by atoms with Gasteiger partial charge in [-0.25, -0.2) is 0 Å². The Morgan fingerprint density at radius 3 is 1.76 bits per heavy atom. The molecule has 0 heterocycles. The summed E-state index contributed by atoms with van der Waals surface area (Å²) in [6, 6.07) is 12.2. The molecule has 0 radical (unpaired) electrons. The molecule has 0 spiro atoms. The fourth-order valence-electron chi connectivity index (χ4n) is 8.56. The first kappa shape index (κ1) is 32.2. The van der Waals surface area contributed by atoms with Crippen LogP contribution in [0.4, 0.5) is 0 Å². The Balaban J connectivity index is 1.48. The van der Waals surface area contributed by atoms with Crippen molar-refractivity contribution in [1.82, 2.24) is 0 Å². The smallest absolute Gasteiger partial charge is 0.125 e. The maximum Gasteiger partial charge on any atom is 0.125 e. The highest BCUT2D eigenvalue weighted by molar-refractivity contribution is 5.73. The van der Waals surface area contributed by atoms with Crippen LogP contribution in [0.1, 0.15) is 154 Å². The summed E-state index contributed by atoms with van der Waals surface area (Å²) in [7, 11) is 0. The van der Waals surface area contributed by atoms with Crippen molar-refractivity contribution in [3.63, 3.8) is 0 Å². The average molecular weight is 559 g/mol. The molecule has 2 aliphatic carbocycles. The second kappa shape index (κ2) is 15.1. The van der Waals surface area contributed by atoms with Crippen LogP contribution >= 0.6 is 0 Å². The van der Waals surface area contributed by atoms with Gasteiger partial charge in [0.05, 0.1) is 6.61 Å². The van der Waals surface area contributed by atoms with Gasteiger partial charge in [0, 0.05) is 0 Å². The van der Waals surface area contributed by atoms with Gasteiger partial charge < -0.3 is 4.74 Å². The van der Waals surface area contributed by atoms with Crippen LogP contribution in [0.2, 0.25) is 0 Å². The molecule has 0 atom stereocenters. The Kier molecular flexibility index (Phi) is 11.9. The summed E-state index contributed by atoms with van der Waals surface area (Å²) < 4.78 is 6.70. The summed E-state index contributed by atoms with van der Waals surface area (Å²) >= 11 is 0. The third-order valence-electron chi connectivity index (χ3n) is 12.0. The van der Waals surface area contributed by atoms with Gasteiger partial charge in [0.25, 0.3) is 0 Å². The van der Waals surface area contributed by atoms with Crippen LogP contribution < -0.4 is 4.74 Å². The van der Waals surface area contributed by atoms with Gasteiger partial charge in [0.2, 0.25) is 0 Å². The monoisotopic (exact) mass is 558 g/mol. The van der Waals surface area contributed by atoms with Crippen LogP contribution in [0.3, 0.4) is 0 Å². The van der Waals surface area contributed by atoms with Crippen LogP contribution in [0, 0.1) is 23.2 Å². The minimum Gasteiger partial charge on any atom is -0.493 e. The summed E-state index contributed by atoms with van der Waals surface area (Å²) in [5.74, 6) is 4.92. The van der Waals surface area contributed by atoms with Crippen molar-refractivity contribution >= 4 is 0 Å². The number of aryl methyl sites for hydroxylation is 1. The normalized spacial score (nSPS) is 23.5. The predicted molar refractivity (Wildman–Crippen MR) is 179 cm³/mol. The SMILES string of the molecule is CCc1cc(-c2ccc(C3CCC(C4CCC(C)CC4)CC3)cc2)c(CC)c(CC)c1OCCC(CC)(CC)CC. The maximum atomic E-state index is 6.70. The van der Waals surface area contributed by atoms with E-state index in [0.717, 1.165) is 56.0 Å². The lowest BCUT2D eigenvalue weighted by molar-refractivity contribution is 0.165. The lowest BCUT2D eigenvalue weighted by atomic mass is 9.68. The Morgan fingerprint density at radius 1 is 0.683 bits per heavy atom. The van der Waals surface area contributed by atoms with Crippen LogP contribution in [0.15, 0.2) is 30.3 Å². The van der Waals surface area contributed by atoms with Gasteiger partial charge in [-0.3, -0.25) is 0 Å². The Hall–Kier alpha value is -1.76. The lowest BCUT2D eigenvalue weighted by Gasteiger charge is -2.37. The molecule has 0 saturated heterocycles. The van der Waals surface area contributed by atoms with Crippen LogP contribution in [0.25, 0.3) is 11.1 Å². The molecule has 0 aliphatic heterocycles. The van der Waals surface area contributed by atoms with Gasteiger partial charge in [-0.1, -0.05) is 105 Å². The summed E-state index contributed by atoms with van der Waals surface area (Å²) in [5, 5.41) is 0. The van der Waals surface area contributed by atoms with Crippen LogP contribution in [0.5, 0.6) is 5.75 Å². The molecule has 0 unspecified atom stereocenters. The van der Waals surface area contributed by atoms with E-state index in [2.05, 4.69) is 78.8 Å². The Morgan fingerprint density at radius 2 is 1.24 bits per heavy atom. The molecule has 2 saturated carbocycles. The van der Waals surface area contributed by atoms with Gasteiger partial charge in [-0.05, 0) is 133 Å². The number of hydrogen-bond donors (Lipinski definition) is 0. The first-order valence-corrected chi connectivity index (χ1v) is 17.8. The van der Waals surface area contributed by atoms with E-state index in [1.165, 1.54) is 104 Å². The van der Waals surface area contributed by atoms with Gasteiger partial charge in [-0.2, -0.15) is 0 Å². The van der Waals surface area contributed by atoms with E-state index in [1.54, 1.807) is 5.56 Å². The van der Waals surface area contributed by atoms with Crippen molar-refractivity contribution < 1.29 is 4.74 Å². The largest absolute Gasteiger partial charge is 0.493 e. The van der Waals surface area contributed by atoms with Gasteiger partial charge in [-0.15, -0.1) is 0 Å². The molecule has 228 valence electrons. The Labute approximate surface area is 254 Å². The molecule has 0 bridgehead atoms. The maximum absolute atomic E-state index is 6.70. The minimum absolute atomic E-state index is 0.419. The summed E-state index contributed by atoms with van der Waals surface area (Å²) in [5.41, 5.74) is 9.11. The molecule has 4 rings (SSSR count). The molecule has 0 N–H and O–H groups in total. The number of hydrogen-bond acceptors (Lipinski definition) is 1. The zero-order valence-corrected chi connectivity index (χ0v) is 27.9. The highest BCUT2D eigenvalue weighted by Crippen LogP contribution is 2.44. The summed E-state index contributed by atoms with van der Waals surface area (Å²) in [4.78, 5) is 0. The third-order valence-corrected chi connectivity index (χ3v) is 12.0. The van der Waals surface area contributed by atoms with Gasteiger partial charge in [0.1, 0.15) is 5.75 Å². The van der Waals surface area contributed by atoms with Crippen molar-refractivity contribution in [1.29, 1.82) is 0 Å². The quantitative estimate of drug-likeness (QED) is 0.237. The third kappa shape index (κ3) is 7.43. The Bertz CT molecular complexity index is 1050. The van der Waals surface area contributed by atoms with Crippen molar-refractivity contribution in [3.05, 3.63) is 52.6 Å². The van der Waals surface area contributed by atoms with Gasteiger partial charge >= 0.3 is 0 Å². The number of rotatable bonds is 13. The molecular weight excluding hydrogens is 496 g/mol. The predicted octanol–water partition coefficient (Wildman–Crippen LogP) is 12.1.